The highest BCUT2D eigenvalue weighted by Crippen LogP contribution is 2.29. The summed E-state index contributed by atoms with van der Waals surface area (Å²) in [7, 11) is 1.56. The van der Waals surface area contributed by atoms with E-state index < -0.39 is 0 Å². The van der Waals surface area contributed by atoms with E-state index in [4.69, 9.17) is 4.74 Å². The maximum Gasteiger partial charge on any atom is 0.259 e. The lowest BCUT2D eigenvalue weighted by Crippen LogP contribution is -2.14. The fourth-order valence-corrected chi connectivity index (χ4v) is 2.76. The van der Waals surface area contributed by atoms with Crippen LogP contribution in [0.25, 0.3) is 10.8 Å². The summed E-state index contributed by atoms with van der Waals surface area (Å²) in [5.41, 5.74) is 2.47. The highest BCUT2D eigenvalue weighted by molar-refractivity contribution is 6.10. The molecule has 0 unspecified atom stereocenters. The number of pyridine rings is 1. The van der Waals surface area contributed by atoms with Gasteiger partial charge in [-0.2, -0.15) is 0 Å². The van der Waals surface area contributed by atoms with Crippen molar-refractivity contribution in [2.45, 2.75) is 26.2 Å². The molecule has 0 saturated carbocycles. The Kier molecular flexibility index (Phi) is 4.45. The van der Waals surface area contributed by atoms with Gasteiger partial charge in [-0.1, -0.05) is 45.0 Å². The molecule has 4 heteroatoms. The quantitative estimate of drug-likeness (QED) is 0.749. The number of para-hydroxylation sites is 1. The fourth-order valence-electron chi connectivity index (χ4n) is 2.76. The maximum absolute atomic E-state index is 12.6. The number of hydrogen-bond donors (Lipinski definition) is 1. The van der Waals surface area contributed by atoms with Crippen LogP contribution < -0.4 is 10.1 Å². The number of hydrogen-bond acceptors (Lipinski definition) is 3. The first-order chi connectivity index (χ1) is 11.9. The van der Waals surface area contributed by atoms with Crippen LogP contribution in [0.1, 0.15) is 36.7 Å². The zero-order valence-corrected chi connectivity index (χ0v) is 15.0. The van der Waals surface area contributed by atoms with Crippen molar-refractivity contribution in [3.8, 4) is 5.75 Å². The Morgan fingerprint density at radius 3 is 2.56 bits per heavy atom. The largest absolute Gasteiger partial charge is 0.496 e. The minimum absolute atomic E-state index is 0.0604. The molecule has 4 nitrogen and oxygen atoms in total. The van der Waals surface area contributed by atoms with Gasteiger partial charge in [-0.15, -0.1) is 0 Å². The molecule has 2 aromatic carbocycles. The van der Waals surface area contributed by atoms with Gasteiger partial charge in [0.1, 0.15) is 5.75 Å². The first kappa shape index (κ1) is 17.0. The van der Waals surface area contributed by atoms with Crippen molar-refractivity contribution in [1.29, 1.82) is 0 Å². The number of nitrogens with zero attached hydrogens (tertiary/aromatic N) is 1. The molecule has 1 aromatic heterocycles. The highest BCUT2D eigenvalue weighted by Gasteiger charge is 2.16. The summed E-state index contributed by atoms with van der Waals surface area (Å²) in [6.45, 7) is 6.53. The first-order valence-electron chi connectivity index (χ1n) is 8.23. The molecule has 128 valence electrons. The van der Waals surface area contributed by atoms with Crippen molar-refractivity contribution in [3.63, 3.8) is 0 Å². The summed E-state index contributed by atoms with van der Waals surface area (Å²) in [6, 6.07) is 13.4. The summed E-state index contributed by atoms with van der Waals surface area (Å²) in [4.78, 5) is 16.9. The number of anilines is 1. The molecule has 0 radical (unpaired) electrons. The minimum Gasteiger partial charge on any atom is -0.496 e. The Morgan fingerprint density at radius 1 is 1.08 bits per heavy atom. The second-order valence-electron chi connectivity index (χ2n) is 7.03. The van der Waals surface area contributed by atoms with Gasteiger partial charge < -0.3 is 10.1 Å². The third kappa shape index (κ3) is 3.48. The topological polar surface area (TPSA) is 51.2 Å². The molecule has 0 aliphatic rings. The van der Waals surface area contributed by atoms with Crippen LogP contribution in [0, 0.1) is 0 Å². The molecule has 3 rings (SSSR count). The third-order valence-corrected chi connectivity index (χ3v) is 4.22. The number of aromatic nitrogens is 1. The monoisotopic (exact) mass is 334 g/mol. The second-order valence-corrected chi connectivity index (χ2v) is 7.03. The van der Waals surface area contributed by atoms with Gasteiger partial charge in [0.2, 0.25) is 0 Å². The first-order valence-corrected chi connectivity index (χ1v) is 8.23. The Balaban J connectivity index is 1.98. The van der Waals surface area contributed by atoms with Gasteiger partial charge in [-0.25, -0.2) is 0 Å². The van der Waals surface area contributed by atoms with Crippen molar-refractivity contribution in [2.75, 3.05) is 12.4 Å². The normalized spacial score (nSPS) is 11.4. The number of ether oxygens (including phenoxy) is 1. The zero-order valence-electron chi connectivity index (χ0n) is 15.0. The number of rotatable bonds is 3. The molecule has 0 atom stereocenters. The fraction of sp³-hybridized carbons (Fsp3) is 0.238. The minimum atomic E-state index is -0.216. The molecule has 0 fully saturated rings. The molecule has 1 heterocycles. The summed E-state index contributed by atoms with van der Waals surface area (Å²) < 4.78 is 5.27. The van der Waals surface area contributed by atoms with E-state index in [-0.39, 0.29) is 11.3 Å². The Morgan fingerprint density at radius 2 is 1.84 bits per heavy atom. The molecular formula is C21H22N2O2. The van der Waals surface area contributed by atoms with Crippen LogP contribution in [0.2, 0.25) is 0 Å². The molecule has 1 amide bonds. The number of amides is 1. The molecule has 0 spiro atoms. The van der Waals surface area contributed by atoms with E-state index in [1.54, 1.807) is 25.4 Å². The van der Waals surface area contributed by atoms with Crippen molar-refractivity contribution in [2.24, 2.45) is 0 Å². The molecule has 0 saturated heterocycles. The van der Waals surface area contributed by atoms with Crippen molar-refractivity contribution in [1.82, 2.24) is 4.98 Å². The van der Waals surface area contributed by atoms with E-state index in [1.165, 1.54) is 5.56 Å². The predicted molar refractivity (Wildman–Crippen MR) is 101 cm³/mol. The van der Waals surface area contributed by atoms with Crippen LogP contribution in [0.5, 0.6) is 5.75 Å². The molecule has 1 N–H and O–H groups in total. The lowest BCUT2D eigenvalue weighted by Gasteiger charge is -2.20. The Hall–Kier alpha value is -2.88. The summed E-state index contributed by atoms with van der Waals surface area (Å²) in [6.07, 6.45) is 3.50. The van der Waals surface area contributed by atoms with E-state index >= 15 is 0 Å². The van der Waals surface area contributed by atoms with E-state index in [9.17, 15) is 4.79 Å². The summed E-state index contributed by atoms with van der Waals surface area (Å²) in [5, 5.41) is 4.92. The van der Waals surface area contributed by atoms with Gasteiger partial charge in [-0.3, -0.25) is 9.78 Å². The van der Waals surface area contributed by atoms with Crippen LogP contribution in [0.3, 0.4) is 0 Å². The van der Waals surface area contributed by atoms with Crippen molar-refractivity contribution < 1.29 is 9.53 Å². The van der Waals surface area contributed by atoms with E-state index in [2.05, 4.69) is 43.2 Å². The number of carbonyl (C=O) groups excluding carboxylic acids is 1. The third-order valence-electron chi connectivity index (χ3n) is 4.22. The summed E-state index contributed by atoms with van der Waals surface area (Å²) in [5.74, 6) is 0.329. The number of carbonyl (C=O) groups is 1. The number of benzene rings is 2. The van der Waals surface area contributed by atoms with E-state index in [0.717, 1.165) is 10.8 Å². The van der Waals surface area contributed by atoms with Crippen LogP contribution in [0.4, 0.5) is 5.69 Å². The smallest absolute Gasteiger partial charge is 0.259 e. The summed E-state index contributed by atoms with van der Waals surface area (Å²) >= 11 is 0. The zero-order chi connectivity index (χ0) is 18.0. The van der Waals surface area contributed by atoms with Crippen LogP contribution in [-0.4, -0.2) is 18.0 Å². The molecule has 0 aliphatic heterocycles. The standard InChI is InChI=1S/C21H22N2O2/c1-21(2,3)15-9-10-16-14(11-15)12-22-13-18(16)23-20(24)17-7-5-6-8-19(17)25-4/h5-13H,1-4H3,(H,23,24). The lowest BCUT2D eigenvalue weighted by molar-refractivity contribution is 0.102. The van der Waals surface area contributed by atoms with Crippen LogP contribution in [0.15, 0.2) is 54.9 Å². The lowest BCUT2D eigenvalue weighted by atomic mass is 9.86. The Labute approximate surface area is 147 Å². The molecule has 0 aliphatic carbocycles. The second kappa shape index (κ2) is 6.55. The van der Waals surface area contributed by atoms with Crippen LogP contribution in [-0.2, 0) is 5.41 Å². The predicted octanol–water partition coefficient (Wildman–Crippen LogP) is 4.79. The van der Waals surface area contributed by atoms with E-state index in [1.807, 2.05) is 24.4 Å². The number of methoxy groups -OCH3 is 1. The maximum atomic E-state index is 12.6. The van der Waals surface area contributed by atoms with Gasteiger partial charge in [0.15, 0.2) is 0 Å². The molecule has 3 aromatic rings. The highest BCUT2D eigenvalue weighted by atomic mass is 16.5. The molecule has 0 bridgehead atoms. The van der Waals surface area contributed by atoms with Gasteiger partial charge >= 0.3 is 0 Å². The van der Waals surface area contributed by atoms with Crippen LogP contribution >= 0.6 is 0 Å². The van der Waals surface area contributed by atoms with Crippen molar-refractivity contribution in [3.05, 3.63) is 66.0 Å². The van der Waals surface area contributed by atoms with Crippen molar-refractivity contribution >= 4 is 22.4 Å². The van der Waals surface area contributed by atoms with Gasteiger partial charge in [0, 0.05) is 17.0 Å². The average molecular weight is 334 g/mol. The van der Waals surface area contributed by atoms with E-state index in [0.29, 0.717) is 17.0 Å². The molecular weight excluding hydrogens is 312 g/mol. The SMILES string of the molecule is COc1ccccc1C(=O)Nc1cncc2cc(C(C)(C)C)ccc12. The Bertz CT molecular complexity index is 927. The number of fused-ring (bicyclic) bond motifs is 1. The molecule has 25 heavy (non-hydrogen) atoms. The van der Waals surface area contributed by atoms with Gasteiger partial charge in [0.25, 0.3) is 5.91 Å². The number of nitrogens with one attached hydrogen (secondary N) is 1. The van der Waals surface area contributed by atoms with Gasteiger partial charge in [0.05, 0.1) is 24.6 Å². The van der Waals surface area contributed by atoms with Gasteiger partial charge in [-0.05, 0) is 29.2 Å². The average Bonchev–Trinajstić information content (AvgIpc) is 2.60.